The third-order valence-corrected chi connectivity index (χ3v) is 2.68. The molecule has 0 aliphatic rings. The molecule has 1 N–H and O–H groups in total. The number of amides is 1. The molecule has 20 heavy (non-hydrogen) atoms. The molecule has 1 rings (SSSR count). The zero-order chi connectivity index (χ0) is 15.3. The van der Waals surface area contributed by atoms with Crippen LogP contribution >= 0.6 is 0 Å². The Morgan fingerprint density at radius 3 is 2.25 bits per heavy atom. The van der Waals surface area contributed by atoms with E-state index in [1.54, 1.807) is 32.0 Å². The number of nitro groups is 1. The maximum Gasteiger partial charge on any atom is 0.333 e. The molecule has 7 nitrogen and oxygen atoms in total. The van der Waals surface area contributed by atoms with E-state index in [9.17, 15) is 19.7 Å². The lowest BCUT2D eigenvalue weighted by Gasteiger charge is -2.21. The van der Waals surface area contributed by atoms with Crippen molar-refractivity contribution in [2.45, 2.75) is 26.3 Å². The van der Waals surface area contributed by atoms with Crippen molar-refractivity contribution in [1.29, 1.82) is 0 Å². The first-order valence-electron chi connectivity index (χ1n) is 6.10. The molecule has 0 aliphatic carbocycles. The first-order valence-corrected chi connectivity index (χ1v) is 6.10. The monoisotopic (exact) mass is 280 g/mol. The number of hydrazine groups is 1. The summed E-state index contributed by atoms with van der Waals surface area (Å²) < 4.78 is 0. The lowest BCUT2D eigenvalue weighted by Crippen LogP contribution is -2.49. The summed E-state index contributed by atoms with van der Waals surface area (Å²) in [6.07, 6.45) is 0.00882. The summed E-state index contributed by atoms with van der Waals surface area (Å²) in [7, 11) is 0. The Hall–Kier alpha value is -2.44. The molecule has 1 atom stereocenters. The molecular formula is C13H16N2O5. The minimum absolute atomic E-state index is 0.00882. The van der Waals surface area contributed by atoms with Crippen molar-refractivity contribution in [2.24, 2.45) is 5.92 Å². The second-order valence-corrected chi connectivity index (χ2v) is 4.74. The van der Waals surface area contributed by atoms with Crippen molar-refractivity contribution in [3.63, 3.8) is 0 Å². The average molecular weight is 280 g/mol. The van der Waals surface area contributed by atoms with E-state index < -0.39 is 23.0 Å². The standard InChI is InChI=1S/C13H16N2O5/c1-9(2)8-11(13(17)18)14(15(19)20)12(16)10-6-4-3-5-7-10/h3-7,9,11H,8H2,1-2H3,(H,17,18)/t11-/m0/s1. The van der Waals surface area contributed by atoms with E-state index in [1.807, 2.05) is 0 Å². The van der Waals surface area contributed by atoms with Gasteiger partial charge in [-0.2, -0.15) is 0 Å². The molecule has 0 heterocycles. The Morgan fingerprint density at radius 2 is 1.85 bits per heavy atom. The molecule has 0 radical (unpaired) electrons. The van der Waals surface area contributed by atoms with Gasteiger partial charge in [-0.15, -0.1) is 0 Å². The number of carbonyl (C=O) groups excluding carboxylic acids is 1. The van der Waals surface area contributed by atoms with Gasteiger partial charge >= 0.3 is 11.9 Å². The molecule has 0 fully saturated rings. The van der Waals surface area contributed by atoms with E-state index in [2.05, 4.69) is 0 Å². The van der Waals surface area contributed by atoms with Crippen LogP contribution in [0.25, 0.3) is 0 Å². The van der Waals surface area contributed by atoms with Gasteiger partial charge < -0.3 is 5.11 Å². The normalized spacial score (nSPS) is 11.9. The maximum atomic E-state index is 12.1. The van der Waals surface area contributed by atoms with E-state index in [0.29, 0.717) is 0 Å². The van der Waals surface area contributed by atoms with Gasteiger partial charge in [-0.1, -0.05) is 32.0 Å². The van der Waals surface area contributed by atoms with Gasteiger partial charge in [0, 0.05) is 5.56 Å². The van der Waals surface area contributed by atoms with Crippen LogP contribution in [-0.4, -0.2) is 33.1 Å². The number of benzene rings is 1. The largest absolute Gasteiger partial charge is 0.480 e. The van der Waals surface area contributed by atoms with Crippen molar-refractivity contribution >= 4 is 11.9 Å². The van der Waals surface area contributed by atoms with E-state index in [0.717, 1.165) is 0 Å². The lowest BCUT2D eigenvalue weighted by molar-refractivity contribution is -0.638. The summed E-state index contributed by atoms with van der Waals surface area (Å²) in [6, 6.07) is 6.11. The fourth-order valence-corrected chi connectivity index (χ4v) is 1.79. The predicted molar refractivity (Wildman–Crippen MR) is 70.5 cm³/mol. The van der Waals surface area contributed by atoms with Gasteiger partial charge in [-0.25, -0.2) is 14.9 Å². The molecule has 0 spiro atoms. The van der Waals surface area contributed by atoms with Crippen molar-refractivity contribution in [3.8, 4) is 0 Å². The quantitative estimate of drug-likeness (QED) is 0.632. The molecule has 1 amide bonds. The average Bonchev–Trinajstić information content (AvgIpc) is 2.37. The molecule has 1 aromatic carbocycles. The Kier molecular flexibility index (Phi) is 5.19. The Morgan fingerprint density at radius 1 is 1.30 bits per heavy atom. The summed E-state index contributed by atoms with van der Waals surface area (Å²) in [5.41, 5.74) is 0.0826. The molecular weight excluding hydrogens is 264 g/mol. The molecule has 0 unspecified atom stereocenters. The van der Waals surface area contributed by atoms with Crippen molar-refractivity contribution in [2.75, 3.05) is 0 Å². The van der Waals surface area contributed by atoms with Gasteiger partial charge in [0.2, 0.25) is 0 Å². The zero-order valence-electron chi connectivity index (χ0n) is 11.2. The molecule has 0 saturated carbocycles. The van der Waals surface area contributed by atoms with Gasteiger partial charge in [-0.3, -0.25) is 4.79 Å². The summed E-state index contributed by atoms with van der Waals surface area (Å²) in [6.45, 7) is 3.47. The zero-order valence-corrected chi connectivity index (χ0v) is 11.2. The Bertz CT molecular complexity index is 501. The van der Waals surface area contributed by atoms with Crippen LogP contribution in [0.3, 0.4) is 0 Å². The van der Waals surface area contributed by atoms with Crippen LogP contribution < -0.4 is 0 Å². The van der Waals surface area contributed by atoms with Crippen molar-refractivity contribution in [3.05, 3.63) is 46.0 Å². The molecule has 1 aromatic rings. The number of aliphatic carboxylic acids is 1. The summed E-state index contributed by atoms with van der Waals surface area (Å²) in [5.74, 6) is -2.41. The summed E-state index contributed by atoms with van der Waals surface area (Å²) in [4.78, 5) is 34.4. The van der Waals surface area contributed by atoms with Crippen LogP contribution in [0.4, 0.5) is 0 Å². The van der Waals surface area contributed by atoms with Crippen LogP contribution in [0.5, 0.6) is 0 Å². The van der Waals surface area contributed by atoms with Crippen LogP contribution in [-0.2, 0) is 4.79 Å². The first-order chi connectivity index (χ1) is 9.34. The lowest BCUT2D eigenvalue weighted by atomic mass is 10.0. The maximum absolute atomic E-state index is 12.1. The topological polar surface area (TPSA) is 101 Å². The highest BCUT2D eigenvalue weighted by Crippen LogP contribution is 2.15. The molecule has 0 bridgehead atoms. The number of carboxylic acid groups (broad SMARTS) is 1. The number of carboxylic acids is 1. The minimum Gasteiger partial charge on any atom is -0.480 e. The van der Waals surface area contributed by atoms with Gasteiger partial charge in [-0.05, 0) is 29.5 Å². The molecule has 0 aliphatic heterocycles. The summed E-state index contributed by atoms with van der Waals surface area (Å²) >= 11 is 0. The molecule has 0 saturated heterocycles. The first kappa shape index (κ1) is 15.6. The highest BCUT2D eigenvalue weighted by atomic mass is 16.7. The minimum atomic E-state index is -1.49. The van der Waals surface area contributed by atoms with E-state index in [-0.39, 0.29) is 22.9 Å². The number of hydrogen-bond donors (Lipinski definition) is 1. The summed E-state index contributed by atoms with van der Waals surface area (Å²) in [5, 5.41) is 19.5. The van der Waals surface area contributed by atoms with Crippen molar-refractivity contribution < 1.29 is 19.7 Å². The van der Waals surface area contributed by atoms with Crippen LogP contribution in [0.15, 0.2) is 30.3 Å². The van der Waals surface area contributed by atoms with Crippen molar-refractivity contribution in [1.82, 2.24) is 5.01 Å². The molecule has 108 valence electrons. The van der Waals surface area contributed by atoms with Gasteiger partial charge in [0.05, 0.1) is 0 Å². The van der Waals surface area contributed by atoms with Crippen LogP contribution in [0.1, 0.15) is 30.6 Å². The van der Waals surface area contributed by atoms with Crippen LogP contribution in [0.2, 0.25) is 0 Å². The van der Waals surface area contributed by atoms with E-state index >= 15 is 0 Å². The fourth-order valence-electron chi connectivity index (χ4n) is 1.79. The molecule has 0 aromatic heterocycles. The van der Waals surface area contributed by atoms with E-state index in [4.69, 9.17) is 5.11 Å². The Balaban J connectivity index is 3.12. The SMILES string of the molecule is CC(C)C[C@@H](C(=O)O)N(C(=O)c1ccccc1)[N+](=O)[O-]. The van der Waals surface area contributed by atoms with E-state index in [1.165, 1.54) is 12.1 Å². The van der Waals surface area contributed by atoms with Gasteiger partial charge in [0.15, 0.2) is 11.1 Å². The smallest absolute Gasteiger partial charge is 0.333 e. The molecule has 7 heteroatoms. The third kappa shape index (κ3) is 3.78. The third-order valence-electron chi connectivity index (χ3n) is 2.68. The Labute approximate surface area is 115 Å². The highest BCUT2D eigenvalue weighted by Gasteiger charge is 2.39. The van der Waals surface area contributed by atoms with Gasteiger partial charge in [0.1, 0.15) is 0 Å². The number of carbonyl (C=O) groups is 2. The number of rotatable bonds is 6. The predicted octanol–water partition coefficient (Wildman–Crippen LogP) is 1.82. The fraction of sp³-hybridized carbons (Fsp3) is 0.385. The number of hydrogen-bond acceptors (Lipinski definition) is 4. The number of nitrogens with zero attached hydrogens (tertiary/aromatic N) is 2. The highest BCUT2D eigenvalue weighted by molar-refractivity contribution is 5.95. The van der Waals surface area contributed by atoms with Gasteiger partial charge in [0.25, 0.3) is 0 Å². The second kappa shape index (κ2) is 6.65. The van der Waals surface area contributed by atoms with Crippen LogP contribution in [0, 0.1) is 16.0 Å². The second-order valence-electron chi connectivity index (χ2n) is 4.74.